The van der Waals surface area contributed by atoms with E-state index in [1.165, 1.54) is 0 Å². The van der Waals surface area contributed by atoms with Gasteiger partial charge in [-0.1, -0.05) is 0 Å². The van der Waals surface area contributed by atoms with Crippen LogP contribution in [-0.2, 0) is 0 Å². The van der Waals surface area contributed by atoms with Gasteiger partial charge >= 0.3 is 0 Å². The predicted octanol–water partition coefficient (Wildman–Crippen LogP) is 1.73. The third kappa shape index (κ3) is 2.74. The van der Waals surface area contributed by atoms with Crippen LogP contribution in [-0.4, -0.2) is 36.5 Å². The van der Waals surface area contributed by atoms with Crippen LogP contribution in [0.4, 0.5) is 0 Å². The molecule has 1 fully saturated rings. The third-order valence-electron chi connectivity index (χ3n) is 2.75. The first-order valence-electron chi connectivity index (χ1n) is 5.45. The van der Waals surface area contributed by atoms with Gasteiger partial charge in [0.2, 0.25) is 0 Å². The molecule has 3 nitrogen and oxygen atoms in total. The van der Waals surface area contributed by atoms with Gasteiger partial charge in [0.15, 0.2) is 0 Å². The second-order valence-corrected chi connectivity index (χ2v) is 5.36. The van der Waals surface area contributed by atoms with Crippen LogP contribution >= 0.6 is 22.6 Å². The van der Waals surface area contributed by atoms with Gasteiger partial charge in [0.25, 0.3) is 5.91 Å². The van der Waals surface area contributed by atoms with Crippen molar-refractivity contribution >= 4 is 28.5 Å². The smallest absolute Gasteiger partial charge is 0.253 e. The van der Waals surface area contributed by atoms with Crippen LogP contribution in [0.3, 0.4) is 0 Å². The third-order valence-corrected chi connectivity index (χ3v) is 3.47. The zero-order valence-corrected chi connectivity index (χ0v) is 11.4. The summed E-state index contributed by atoms with van der Waals surface area (Å²) in [6.45, 7) is 4.59. The second-order valence-electron chi connectivity index (χ2n) is 4.11. The number of hydrogen-bond donors (Lipinski definition) is 1. The molecule has 1 aromatic rings. The monoisotopic (exact) mass is 330 g/mol. The van der Waals surface area contributed by atoms with E-state index in [2.05, 4.69) is 34.8 Å². The molecule has 4 heteroatoms. The first-order chi connectivity index (χ1) is 7.66. The molecule has 1 atom stereocenters. The van der Waals surface area contributed by atoms with Gasteiger partial charge in [-0.3, -0.25) is 4.79 Å². The Morgan fingerprint density at radius 3 is 2.75 bits per heavy atom. The van der Waals surface area contributed by atoms with Crippen LogP contribution in [0.2, 0.25) is 0 Å². The van der Waals surface area contributed by atoms with Gasteiger partial charge in [-0.25, -0.2) is 0 Å². The lowest BCUT2D eigenvalue weighted by Crippen LogP contribution is -2.51. The molecule has 0 spiro atoms. The molecule has 0 saturated carbocycles. The van der Waals surface area contributed by atoms with Crippen LogP contribution in [0.5, 0.6) is 0 Å². The molecule has 1 saturated heterocycles. The van der Waals surface area contributed by atoms with E-state index < -0.39 is 0 Å². The molecule has 1 aliphatic heterocycles. The molecule has 1 N–H and O–H groups in total. The standard InChI is InChI=1S/C12H15IN2O/c1-9-8-15(7-6-14-9)12(16)10-2-4-11(13)5-3-10/h2-5,9,14H,6-8H2,1H3. The highest BCUT2D eigenvalue weighted by molar-refractivity contribution is 14.1. The summed E-state index contributed by atoms with van der Waals surface area (Å²) < 4.78 is 1.16. The fraction of sp³-hybridized carbons (Fsp3) is 0.417. The predicted molar refractivity (Wildman–Crippen MR) is 72.5 cm³/mol. The summed E-state index contributed by atoms with van der Waals surface area (Å²) in [4.78, 5) is 14.1. The van der Waals surface area contributed by atoms with Gasteiger partial charge in [0, 0.05) is 34.8 Å². The number of hydrogen-bond acceptors (Lipinski definition) is 2. The Labute approximate surface area is 109 Å². The molecule has 1 amide bonds. The molecule has 0 radical (unpaired) electrons. The van der Waals surface area contributed by atoms with E-state index in [9.17, 15) is 4.79 Å². The van der Waals surface area contributed by atoms with Crippen molar-refractivity contribution in [1.29, 1.82) is 0 Å². The molecule has 1 aromatic carbocycles. The number of carbonyl (C=O) groups excluding carboxylic acids is 1. The van der Waals surface area contributed by atoms with Crippen molar-refractivity contribution in [2.75, 3.05) is 19.6 Å². The Morgan fingerprint density at radius 1 is 1.44 bits per heavy atom. The molecule has 1 aliphatic rings. The molecular formula is C12H15IN2O. The van der Waals surface area contributed by atoms with Crippen LogP contribution in [0.15, 0.2) is 24.3 Å². The van der Waals surface area contributed by atoms with E-state index in [0.717, 1.165) is 28.8 Å². The Bertz CT molecular complexity index is 377. The van der Waals surface area contributed by atoms with Crippen molar-refractivity contribution < 1.29 is 4.79 Å². The number of nitrogens with zero attached hydrogens (tertiary/aromatic N) is 1. The average Bonchev–Trinajstić information content (AvgIpc) is 2.29. The van der Waals surface area contributed by atoms with Gasteiger partial charge < -0.3 is 10.2 Å². The minimum absolute atomic E-state index is 0.143. The molecule has 0 aliphatic carbocycles. The number of benzene rings is 1. The van der Waals surface area contributed by atoms with Crippen molar-refractivity contribution in [2.45, 2.75) is 13.0 Å². The highest BCUT2D eigenvalue weighted by Crippen LogP contribution is 2.10. The van der Waals surface area contributed by atoms with E-state index in [-0.39, 0.29) is 5.91 Å². The van der Waals surface area contributed by atoms with E-state index in [1.807, 2.05) is 29.2 Å². The summed E-state index contributed by atoms with van der Waals surface area (Å²) in [6.07, 6.45) is 0. The van der Waals surface area contributed by atoms with Crippen molar-refractivity contribution in [2.24, 2.45) is 0 Å². The van der Waals surface area contributed by atoms with Crippen molar-refractivity contribution in [3.63, 3.8) is 0 Å². The van der Waals surface area contributed by atoms with E-state index in [0.29, 0.717) is 6.04 Å². The largest absolute Gasteiger partial charge is 0.336 e. The highest BCUT2D eigenvalue weighted by Gasteiger charge is 2.21. The number of piperazine rings is 1. The summed E-state index contributed by atoms with van der Waals surface area (Å²) in [6, 6.07) is 8.13. The summed E-state index contributed by atoms with van der Waals surface area (Å²) >= 11 is 2.24. The number of carbonyl (C=O) groups is 1. The van der Waals surface area contributed by atoms with E-state index >= 15 is 0 Å². The SMILES string of the molecule is CC1CN(C(=O)c2ccc(I)cc2)CCN1. The van der Waals surface area contributed by atoms with Crippen LogP contribution in [0.25, 0.3) is 0 Å². The summed E-state index contributed by atoms with van der Waals surface area (Å²) in [5.74, 6) is 0.143. The number of amides is 1. The maximum Gasteiger partial charge on any atom is 0.253 e. The van der Waals surface area contributed by atoms with Crippen LogP contribution in [0.1, 0.15) is 17.3 Å². The summed E-state index contributed by atoms with van der Waals surface area (Å²) in [7, 11) is 0. The van der Waals surface area contributed by atoms with Crippen molar-refractivity contribution in [3.05, 3.63) is 33.4 Å². The summed E-state index contributed by atoms with van der Waals surface area (Å²) in [5.41, 5.74) is 0.787. The molecule has 1 unspecified atom stereocenters. The Kier molecular flexibility index (Phi) is 3.81. The maximum absolute atomic E-state index is 12.2. The topological polar surface area (TPSA) is 32.3 Å². The van der Waals surface area contributed by atoms with Crippen LogP contribution in [0, 0.1) is 3.57 Å². The normalized spacial score (nSPS) is 20.9. The average molecular weight is 330 g/mol. The fourth-order valence-corrected chi connectivity index (χ4v) is 2.25. The number of halogens is 1. The minimum atomic E-state index is 0.143. The molecule has 2 rings (SSSR count). The first-order valence-corrected chi connectivity index (χ1v) is 6.53. The number of rotatable bonds is 1. The van der Waals surface area contributed by atoms with Crippen molar-refractivity contribution in [1.82, 2.24) is 10.2 Å². The Morgan fingerprint density at radius 2 is 2.12 bits per heavy atom. The second kappa shape index (κ2) is 5.14. The summed E-state index contributed by atoms with van der Waals surface area (Å²) in [5, 5.41) is 3.33. The Balaban J connectivity index is 2.09. The minimum Gasteiger partial charge on any atom is -0.336 e. The molecule has 0 bridgehead atoms. The van der Waals surface area contributed by atoms with Gasteiger partial charge in [0.05, 0.1) is 0 Å². The number of nitrogens with one attached hydrogen (secondary N) is 1. The van der Waals surface area contributed by atoms with Crippen LogP contribution < -0.4 is 5.32 Å². The molecule has 16 heavy (non-hydrogen) atoms. The lowest BCUT2D eigenvalue weighted by Gasteiger charge is -2.31. The zero-order valence-electron chi connectivity index (χ0n) is 9.24. The lowest BCUT2D eigenvalue weighted by atomic mass is 10.1. The van der Waals surface area contributed by atoms with Crippen molar-refractivity contribution in [3.8, 4) is 0 Å². The van der Waals surface area contributed by atoms with E-state index in [1.54, 1.807) is 0 Å². The molecule has 86 valence electrons. The quantitative estimate of drug-likeness (QED) is 0.796. The van der Waals surface area contributed by atoms with Gasteiger partial charge in [-0.05, 0) is 53.8 Å². The maximum atomic E-state index is 12.2. The highest BCUT2D eigenvalue weighted by atomic mass is 127. The van der Waals surface area contributed by atoms with Gasteiger partial charge in [-0.15, -0.1) is 0 Å². The van der Waals surface area contributed by atoms with Gasteiger partial charge in [0.1, 0.15) is 0 Å². The molecular weight excluding hydrogens is 315 g/mol. The fourth-order valence-electron chi connectivity index (χ4n) is 1.89. The molecule has 0 aromatic heterocycles. The lowest BCUT2D eigenvalue weighted by molar-refractivity contribution is 0.0709. The van der Waals surface area contributed by atoms with Gasteiger partial charge in [-0.2, -0.15) is 0 Å². The first kappa shape index (κ1) is 11.9. The van der Waals surface area contributed by atoms with E-state index in [4.69, 9.17) is 0 Å². The zero-order chi connectivity index (χ0) is 11.5. The molecule has 1 heterocycles. The Hall–Kier alpha value is -0.620.